The van der Waals surface area contributed by atoms with E-state index in [1.54, 1.807) is 12.1 Å². The summed E-state index contributed by atoms with van der Waals surface area (Å²) >= 11 is 0. The van der Waals surface area contributed by atoms with Gasteiger partial charge in [-0.15, -0.1) is 0 Å². The number of nitro groups is 1. The number of rotatable bonds is 9. The lowest BCUT2D eigenvalue weighted by molar-refractivity contribution is -0.384. The van der Waals surface area contributed by atoms with Gasteiger partial charge in [-0.3, -0.25) is 10.1 Å². The average Bonchev–Trinajstić information content (AvgIpc) is 2.66. The SMILES string of the molecule is CCCCCC(O)N(C)c1ccc(N=Nc2ccc([N+](=O)[O-])cc2)cc1. The fourth-order valence-corrected chi connectivity index (χ4v) is 2.45. The van der Waals surface area contributed by atoms with Gasteiger partial charge in [-0.1, -0.05) is 19.8 Å². The molecule has 0 aliphatic heterocycles. The highest BCUT2D eigenvalue weighted by Crippen LogP contribution is 2.24. The Morgan fingerprint density at radius 3 is 2.08 bits per heavy atom. The molecule has 1 N–H and O–H groups in total. The number of nitro benzene ring substituents is 1. The molecule has 0 saturated carbocycles. The van der Waals surface area contributed by atoms with E-state index in [9.17, 15) is 15.2 Å². The molecule has 2 aromatic carbocycles. The number of aliphatic hydroxyl groups excluding tert-OH is 1. The van der Waals surface area contributed by atoms with E-state index in [1.165, 1.54) is 12.1 Å². The Kier molecular flexibility index (Phi) is 7.23. The monoisotopic (exact) mass is 356 g/mol. The minimum atomic E-state index is -0.505. The highest BCUT2D eigenvalue weighted by atomic mass is 16.6. The summed E-state index contributed by atoms with van der Waals surface area (Å²) in [6.07, 6.45) is 3.49. The molecule has 138 valence electrons. The van der Waals surface area contributed by atoms with Crippen LogP contribution >= 0.6 is 0 Å². The van der Waals surface area contributed by atoms with Crippen LogP contribution in [0.1, 0.15) is 32.6 Å². The third-order valence-corrected chi connectivity index (χ3v) is 4.11. The number of aliphatic hydroxyl groups is 1. The first kappa shape index (κ1) is 19.5. The van der Waals surface area contributed by atoms with Crippen molar-refractivity contribution in [3.05, 3.63) is 58.6 Å². The van der Waals surface area contributed by atoms with Crippen LogP contribution in [-0.2, 0) is 0 Å². The van der Waals surface area contributed by atoms with Crippen LogP contribution in [0.4, 0.5) is 22.7 Å². The number of hydrogen-bond donors (Lipinski definition) is 1. The molecule has 2 rings (SSSR count). The van der Waals surface area contributed by atoms with Crippen LogP contribution < -0.4 is 4.90 Å². The van der Waals surface area contributed by atoms with E-state index in [-0.39, 0.29) is 5.69 Å². The van der Waals surface area contributed by atoms with Gasteiger partial charge in [0.1, 0.15) is 6.23 Å². The first-order valence-electron chi connectivity index (χ1n) is 8.68. The number of nitrogens with zero attached hydrogens (tertiary/aromatic N) is 4. The molecule has 26 heavy (non-hydrogen) atoms. The molecule has 0 aromatic heterocycles. The molecular weight excluding hydrogens is 332 g/mol. The Morgan fingerprint density at radius 2 is 1.58 bits per heavy atom. The van der Waals surface area contributed by atoms with Crippen LogP contribution in [-0.4, -0.2) is 23.3 Å². The Morgan fingerprint density at radius 1 is 1.04 bits per heavy atom. The summed E-state index contributed by atoms with van der Waals surface area (Å²) in [5.74, 6) is 0. The Hall–Kier alpha value is -2.80. The van der Waals surface area contributed by atoms with Crippen molar-refractivity contribution in [2.45, 2.75) is 38.8 Å². The van der Waals surface area contributed by atoms with Crippen molar-refractivity contribution in [2.24, 2.45) is 10.2 Å². The lowest BCUT2D eigenvalue weighted by atomic mass is 10.1. The van der Waals surface area contributed by atoms with E-state index in [0.717, 1.165) is 31.4 Å². The minimum Gasteiger partial charge on any atom is -0.374 e. The second kappa shape index (κ2) is 9.62. The summed E-state index contributed by atoms with van der Waals surface area (Å²) in [7, 11) is 1.87. The van der Waals surface area contributed by atoms with Crippen molar-refractivity contribution in [2.75, 3.05) is 11.9 Å². The van der Waals surface area contributed by atoms with Crippen LogP contribution in [0.3, 0.4) is 0 Å². The summed E-state index contributed by atoms with van der Waals surface area (Å²) in [5.41, 5.74) is 2.14. The van der Waals surface area contributed by atoms with Crippen molar-refractivity contribution >= 4 is 22.7 Å². The summed E-state index contributed by atoms with van der Waals surface area (Å²) in [4.78, 5) is 12.0. The third kappa shape index (κ3) is 5.63. The second-order valence-electron chi connectivity index (χ2n) is 6.08. The normalized spacial score (nSPS) is 12.3. The maximum atomic E-state index is 10.6. The summed E-state index contributed by atoms with van der Waals surface area (Å²) in [6, 6.07) is 13.3. The van der Waals surface area contributed by atoms with E-state index >= 15 is 0 Å². The molecule has 0 spiro atoms. The molecule has 7 nitrogen and oxygen atoms in total. The summed E-state index contributed by atoms with van der Waals surface area (Å²) < 4.78 is 0. The van der Waals surface area contributed by atoms with Gasteiger partial charge in [0.2, 0.25) is 0 Å². The van der Waals surface area contributed by atoms with Crippen LogP contribution in [0.25, 0.3) is 0 Å². The highest BCUT2D eigenvalue weighted by Gasteiger charge is 2.11. The van der Waals surface area contributed by atoms with E-state index in [1.807, 2.05) is 36.2 Å². The fraction of sp³-hybridized carbons (Fsp3) is 0.368. The zero-order chi connectivity index (χ0) is 18.9. The predicted octanol–water partition coefficient (Wildman–Crippen LogP) is 5.35. The zero-order valence-electron chi connectivity index (χ0n) is 15.1. The van der Waals surface area contributed by atoms with E-state index in [0.29, 0.717) is 11.4 Å². The summed E-state index contributed by atoms with van der Waals surface area (Å²) in [6.45, 7) is 2.14. The molecule has 1 atom stereocenters. The molecule has 0 aliphatic carbocycles. The van der Waals surface area contributed by atoms with Gasteiger partial charge >= 0.3 is 0 Å². The Bertz CT molecular complexity index is 729. The van der Waals surface area contributed by atoms with Gasteiger partial charge in [-0.2, -0.15) is 10.2 Å². The molecule has 0 amide bonds. The second-order valence-corrected chi connectivity index (χ2v) is 6.08. The fourth-order valence-electron chi connectivity index (χ4n) is 2.45. The molecular formula is C19H24N4O3. The molecule has 7 heteroatoms. The van der Waals surface area contributed by atoms with E-state index in [2.05, 4.69) is 17.2 Å². The largest absolute Gasteiger partial charge is 0.374 e. The van der Waals surface area contributed by atoms with E-state index < -0.39 is 11.2 Å². The van der Waals surface area contributed by atoms with Gasteiger partial charge in [-0.05, 0) is 49.2 Å². The zero-order valence-corrected chi connectivity index (χ0v) is 15.1. The maximum Gasteiger partial charge on any atom is 0.269 e. The molecule has 1 unspecified atom stereocenters. The Labute approximate surface area is 153 Å². The van der Waals surface area contributed by atoms with Gasteiger partial charge in [0.05, 0.1) is 16.3 Å². The minimum absolute atomic E-state index is 0.0221. The number of anilines is 1. The van der Waals surface area contributed by atoms with Crippen molar-refractivity contribution in [3.63, 3.8) is 0 Å². The molecule has 0 bridgehead atoms. The highest BCUT2D eigenvalue weighted by molar-refractivity contribution is 5.53. The topological polar surface area (TPSA) is 91.3 Å². The third-order valence-electron chi connectivity index (χ3n) is 4.11. The summed E-state index contributed by atoms with van der Waals surface area (Å²) in [5, 5.41) is 29.1. The van der Waals surface area contributed by atoms with Crippen molar-refractivity contribution in [1.29, 1.82) is 0 Å². The molecule has 0 heterocycles. The smallest absolute Gasteiger partial charge is 0.269 e. The van der Waals surface area contributed by atoms with Gasteiger partial charge in [0, 0.05) is 24.9 Å². The molecule has 0 radical (unpaired) electrons. The molecule has 0 fully saturated rings. The molecule has 0 saturated heterocycles. The van der Waals surface area contributed by atoms with Crippen molar-refractivity contribution < 1.29 is 10.0 Å². The van der Waals surface area contributed by atoms with Gasteiger partial charge in [-0.25, -0.2) is 0 Å². The number of hydrogen-bond acceptors (Lipinski definition) is 6. The quantitative estimate of drug-likeness (QED) is 0.216. The number of unbranched alkanes of at least 4 members (excludes halogenated alkanes) is 2. The predicted molar refractivity (Wildman–Crippen MR) is 102 cm³/mol. The maximum absolute atomic E-state index is 10.6. The van der Waals surface area contributed by atoms with Crippen LogP contribution in [0.2, 0.25) is 0 Å². The standard InChI is InChI=1S/C19H24N4O3/c1-3-4-5-6-19(24)22(2)17-11-7-15(8-12-17)20-21-16-9-13-18(14-10-16)23(25)26/h7-14,19,24H,3-6H2,1-2H3. The number of azo groups is 1. The lowest BCUT2D eigenvalue weighted by Gasteiger charge is -2.25. The van der Waals surface area contributed by atoms with Gasteiger partial charge in [0.15, 0.2) is 0 Å². The number of benzene rings is 2. The first-order valence-corrected chi connectivity index (χ1v) is 8.68. The lowest BCUT2D eigenvalue weighted by Crippen LogP contribution is -2.31. The van der Waals surface area contributed by atoms with E-state index in [4.69, 9.17) is 0 Å². The van der Waals surface area contributed by atoms with Crippen LogP contribution in [0, 0.1) is 10.1 Å². The van der Waals surface area contributed by atoms with Crippen molar-refractivity contribution in [3.8, 4) is 0 Å². The van der Waals surface area contributed by atoms with Crippen molar-refractivity contribution in [1.82, 2.24) is 0 Å². The van der Waals surface area contributed by atoms with Crippen LogP contribution in [0.15, 0.2) is 58.8 Å². The average molecular weight is 356 g/mol. The Balaban J connectivity index is 1.96. The van der Waals surface area contributed by atoms with Crippen LogP contribution in [0.5, 0.6) is 0 Å². The first-order chi connectivity index (χ1) is 12.5. The van der Waals surface area contributed by atoms with Gasteiger partial charge < -0.3 is 10.0 Å². The number of non-ortho nitro benzene ring substituents is 1. The molecule has 2 aromatic rings. The van der Waals surface area contributed by atoms with Gasteiger partial charge in [0.25, 0.3) is 5.69 Å². The molecule has 0 aliphatic rings.